The van der Waals surface area contributed by atoms with E-state index >= 15 is 0 Å². The highest BCUT2D eigenvalue weighted by atomic mass is 32.2. The Hall–Kier alpha value is -2.63. The fourth-order valence-corrected chi connectivity index (χ4v) is 7.19. The second-order valence-corrected chi connectivity index (χ2v) is 13.3. The van der Waals surface area contributed by atoms with E-state index in [2.05, 4.69) is 84.9 Å². The zero-order valence-electron chi connectivity index (χ0n) is 21.7. The Morgan fingerprint density at radius 3 is 1.38 bits per heavy atom. The van der Waals surface area contributed by atoms with Gasteiger partial charge in [-0.25, -0.2) is 0 Å². The molecule has 0 spiro atoms. The molecule has 1 saturated carbocycles. The summed E-state index contributed by atoms with van der Waals surface area (Å²) < 4.78 is 134. The molecule has 0 saturated heterocycles. The molecular weight excluding hydrogens is 618 g/mol. The number of alkyl halides is 9. The van der Waals surface area contributed by atoms with Crippen molar-refractivity contribution < 1.29 is 52.5 Å². The average molecular weight is 645 g/mol. The van der Waals surface area contributed by atoms with Crippen LogP contribution < -0.4 is 15.9 Å². The third kappa shape index (κ3) is 7.11. The van der Waals surface area contributed by atoms with Crippen molar-refractivity contribution in [1.29, 1.82) is 0 Å². The number of rotatable bonds is 7. The van der Waals surface area contributed by atoms with E-state index in [9.17, 15) is 47.9 Å². The van der Waals surface area contributed by atoms with Crippen molar-refractivity contribution in [2.75, 3.05) is 0 Å². The Kier molecular flexibility index (Phi) is 10.4. The molecule has 0 heterocycles. The van der Waals surface area contributed by atoms with Crippen molar-refractivity contribution in [3.8, 4) is 0 Å². The van der Waals surface area contributed by atoms with Crippen molar-refractivity contribution in [3.63, 3.8) is 0 Å². The molecule has 3 aromatic rings. The smallest absolute Gasteiger partial charge is 0.281 e. The largest absolute Gasteiger partial charge is 0.460 e. The van der Waals surface area contributed by atoms with Gasteiger partial charge in [-0.05, 0) is 48.2 Å². The van der Waals surface area contributed by atoms with Crippen LogP contribution in [-0.4, -0.2) is 36.2 Å². The zero-order valence-corrected chi connectivity index (χ0v) is 23.4. The van der Waals surface area contributed by atoms with Crippen LogP contribution >= 0.6 is 7.92 Å². The second kappa shape index (κ2) is 12.9. The van der Waals surface area contributed by atoms with Gasteiger partial charge in [0.1, 0.15) is 0 Å². The molecule has 0 radical (unpaired) electrons. The summed E-state index contributed by atoms with van der Waals surface area (Å²) in [5, 5.41) is -2.70. The summed E-state index contributed by atoms with van der Waals surface area (Å²) in [6, 6.07) is 31.5. The predicted molar refractivity (Wildman–Crippen MR) is 143 cm³/mol. The van der Waals surface area contributed by atoms with E-state index in [4.69, 9.17) is 4.55 Å². The lowest BCUT2D eigenvalue weighted by atomic mass is 9.84. The summed E-state index contributed by atoms with van der Waals surface area (Å²) >= 11 is 0. The second-order valence-electron chi connectivity index (χ2n) is 9.57. The van der Waals surface area contributed by atoms with E-state index in [1.54, 1.807) is 5.56 Å². The highest BCUT2D eigenvalue weighted by molar-refractivity contribution is 7.87. The van der Waals surface area contributed by atoms with Gasteiger partial charge in [0.15, 0.2) is 0 Å². The molecule has 0 aliphatic heterocycles. The third-order valence-corrected chi connectivity index (χ3v) is 10.0. The summed E-state index contributed by atoms with van der Waals surface area (Å²) in [7, 11) is -7.64. The molecule has 0 unspecified atom stereocenters. The van der Waals surface area contributed by atoms with Crippen molar-refractivity contribution in [1.82, 2.24) is 0 Å². The predicted octanol–water partition coefficient (Wildman–Crippen LogP) is 7.79. The van der Waals surface area contributed by atoms with E-state index in [1.807, 2.05) is 0 Å². The van der Waals surface area contributed by atoms with Crippen LogP contribution in [0, 0.1) is 0 Å². The molecule has 3 nitrogen and oxygen atoms in total. The molecular formula is C28H26F9O3PS. The van der Waals surface area contributed by atoms with Crippen LogP contribution in [0.1, 0.15) is 43.6 Å². The first-order chi connectivity index (χ1) is 19.4. The van der Waals surface area contributed by atoms with Crippen LogP contribution in [0.4, 0.5) is 39.5 Å². The SMILES string of the molecule is O=S(=O)(O)C(F)(F)C(F)(F)C(F)(F)C(F)(F)F.c1ccc(P(c2ccccc2)c2ccc(C3CCCCC3)cc2)cc1. The lowest BCUT2D eigenvalue weighted by Gasteiger charge is -2.31. The number of hydrogen-bond acceptors (Lipinski definition) is 2. The molecule has 1 fully saturated rings. The van der Waals surface area contributed by atoms with Gasteiger partial charge in [-0.15, -0.1) is 0 Å². The normalized spacial score (nSPS) is 15.7. The highest BCUT2D eigenvalue weighted by Gasteiger charge is 2.85. The van der Waals surface area contributed by atoms with Crippen molar-refractivity contribution in [2.45, 2.75) is 61.3 Å². The molecule has 0 aromatic heterocycles. The van der Waals surface area contributed by atoms with Crippen molar-refractivity contribution >= 4 is 34.0 Å². The maximum Gasteiger partial charge on any atom is 0.460 e. The lowest BCUT2D eigenvalue weighted by Crippen LogP contribution is -2.63. The molecule has 0 atom stereocenters. The van der Waals surface area contributed by atoms with Gasteiger partial charge in [0.05, 0.1) is 0 Å². The molecule has 14 heteroatoms. The maximum atomic E-state index is 12.2. The Bertz CT molecular complexity index is 1350. The summed E-state index contributed by atoms with van der Waals surface area (Å²) in [4.78, 5) is 0. The third-order valence-electron chi connectivity index (χ3n) is 6.70. The van der Waals surface area contributed by atoms with Crippen LogP contribution in [-0.2, 0) is 10.1 Å². The summed E-state index contributed by atoms with van der Waals surface area (Å²) in [6.45, 7) is 0. The average Bonchev–Trinajstić information content (AvgIpc) is 2.94. The first-order valence-electron chi connectivity index (χ1n) is 12.6. The minimum Gasteiger partial charge on any atom is -0.281 e. The molecule has 0 amide bonds. The molecule has 0 bridgehead atoms. The van der Waals surface area contributed by atoms with Gasteiger partial charge >= 0.3 is 33.4 Å². The van der Waals surface area contributed by atoms with E-state index in [1.165, 1.54) is 48.0 Å². The van der Waals surface area contributed by atoms with Gasteiger partial charge in [0, 0.05) is 0 Å². The number of hydrogen-bond donors (Lipinski definition) is 1. The minimum atomic E-state index is -7.37. The summed E-state index contributed by atoms with van der Waals surface area (Å²) in [6.07, 6.45) is -0.191. The minimum absolute atomic E-state index is 0.476. The van der Waals surface area contributed by atoms with Gasteiger partial charge in [0.2, 0.25) is 0 Å². The van der Waals surface area contributed by atoms with Crippen LogP contribution in [0.15, 0.2) is 84.9 Å². The molecule has 4 rings (SSSR count). The van der Waals surface area contributed by atoms with E-state index < -0.39 is 41.3 Å². The van der Waals surface area contributed by atoms with Crippen molar-refractivity contribution in [2.24, 2.45) is 0 Å². The van der Waals surface area contributed by atoms with Crippen LogP contribution in [0.3, 0.4) is 0 Å². The topological polar surface area (TPSA) is 54.4 Å². The molecule has 1 aliphatic rings. The van der Waals surface area contributed by atoms with Gasteiger partial charge in [-0.3, -0.25) is 4.55 Å². The monoisotopic (exact) mass is 644 g/mol. The zero-order chi connectivity index (χ0) is 31.4. The van der Waals surface area contributed by atoms with Gasteiger partial charge < -0.3 is 0 Å². The molecule has 3 aromatic carbocycles. The van der Waals surface area contributed by atoms with Crippen LogP contribution in [0.25, 0.3) is 0 Å². The fraction of sp³-hybridized carbons (Fsp3) is 0.357. The molecule has 1 aliphatic carbocycles. The Labute approximate surface area is 238 Å². The van der Waals surface area contributed by atoms with E-state index in [0.29, 0.717) is 0 Å². The number of benzene rings is 3. The summed E-state index contributed by atoms with van der Waals surface area (Å²) in [5.74, 6) is -13.9. The number of halogens is 9. The van der Waals surface area contributed by atoms with Crippen LogP contribution in [0.5, 0.6) is 0 Å². The van der Waals surface area contributed by atoms with Gasteiger partial charge in [-0.2, -0.15) is 47.9 Å². The quantitative estimate of drug-likeness (QED) is 0.162. The first kappa shape index (κ1) is 33.9. The van der Waals surface area contributed by atoms with Crippen molar-refractivity contribution in [3.05, 3.63) is 90.5 Å². The van der Waals surface area contributed by atoms with E-state index in [0.717, 1.165) is 5.92 Å². The standard InChI is InChI=1S/C24H25P.C4HF9O3S/c1-4-10-20(11-5-1)21-16-18-24(19-17-21)25(22-12-6-2-7-13-22)23-14-8-3-9-15-23;5-1(6,3(9,10)11)2(7,8)4(12,13)17(14,15)16/h2-3,6-9,12-20H,1,4-5,10-11H2;(H,14,15,16). The van der Waals surface area contributed by atoms with Crippen LogP contribution in [0.2, 0.25) is 0 Å². The van der Waals surface area contributed by atoms with Gasteiger partial charge in [0.25, 0.3) is 0 Å². The Morgan fingerprint density at radius 2 is 1.00 bits per heavy atom. The molecule has 1 N–H and O–H groups in total. The highest BCUT2D eigenvalue weighted by Crippen LogP contribution is 2.54. The Balaban J connectivity index is 0.000000252. The summed E-state index contributed by atoms with van der Waals surface area (Å²) in [5.41, 5.74) is 1.54. The van der Waals surface area contributed by atoms with E-state index in [-0.39, 0.29) is 0 Å². The first-order valence-corrected chi connectivity index (χ1v) is 15.4. The maximum absolute atomic E-state index is 12.2. The Morgan fingerprint density at radius 1 is 0.595 bits per heavy atom. The molecule has 230 valence electrons. The fourth-order valence-electron chi connectivity index (χ4n) is 4.46. The lowest BCUT2D eigenvalue weighted by molar-refractivity contribution is -0.382. The molecule has 42 heavy (non-hydrogen) atoms. The van der Waals surface area contributed by atoms with Gasteiger partial charge in [-0.1, -0.05) is 104 Å².